The molecular formula is C27H30ClN3O5S. The number of carbonyl (C=O) groups excluding carboxylic acids is 2. The average Bonchev–Trinajstić information content (AvgIpc) is 2.90. The standard InChI is InChI=1S/C27H30ClN3O5S/c1-19-8-12-23(13-9-19)31(37(34,35)25-14-10-22(28)11-15-25)18-26(32)30(20(2)27(33)29-3)17-21-6-5-7-24(16-21)36-4/h5-16,20H,17-18H2,1-4H3,(H,29,33)/t20-/m0/s1. The lowest BCUT2D eigenvalue weighted by Crippen LogP contribution is -2.50. The second-order valence-corrected chi connectivity index (χ2v) is 10.8. The average molecular weight is 544 g/mol. The van der Waals surface area contributed by atoms with Gasteiger partial charge in [-0.05, 0) is 67.9 Å². The van der Waals surface area contributed by atoms with E-state index >= 15 is 0 Å². The molecule has 0 aliphatic rings. The number of likely N-dealkylation sites (N-methyl/N-ethyl adjacent to an activating group) is 1. The maximum absolute atomic E-state index is 13.7. The van der Waals surface area contributed by atoms with E-state index in [1.54, 1.807) is 49.4 Å². The predicted molar refractivity (Wildman–Crippen MR) is 144 cm³/mol. The molecule has 0 aromatic heterocycles. The Morgan fingerprint density at radius 3 is 2.27 bits per heavy atom. The van der Waals surface area contributed by atoms with E-state index in [0.717, 1.165) is 15.4 Å². The second-order valence-electron chi connectivity index (χ2n) is 8.46. The number of rotatable bonds is 10. The van der Waals surface area contributed by atoms with Gasteiger partial charge < -0.3 is 15.0 Å². The molecule has 0 fully saturated rings. The predicted octanol–water partition coefficient (Wildman–Crippen LogP) is 4.02. The van der Waals surface area contributed by atoms with Gasteiger partial charge in [0.05, 0.1) is 17.7 Å². The number of aryl methyl sites for hydroxylation is 1. The van der Waals surface area contributed by atoms with E-state index in [9.17, 15) is 18.0 Å². The molecule has 0 saturated carbocycles. The summed E-state index contributed by atoms with van der Waals surface area (Å²) in [6, 6.07) is 18.8. The number of ether oxygens (including phenoxy) is 1. The highest BCUT2D eigenvalue weighted by molar-refractivity contribution is 7.92. The number of benzene rings is 3. The normalized spacial score (nSPS) is 11.9. The maximum Gasteiger partial charge on any atom is 0.264 e. The summed E-state index contributed by atoms with van der Waals surface area (Å²) in [6.07, 6.45) is 0. The lowest BCUT2D eigenvalue weighted by atomic mass is 10.1. The number of nitrogens with zero attached hydrogens (tertiary/aromatic N) is 2. The monoisotopic (exact) mass is 543 g/mol. The number of hydrogen-bond donors (Lipinski definition) is 1. The first-order chi connectivity index (χ1) is 17.6. The molecule has 1 N–H and O–H groups in total. The quantitative estimate of drug-likeness (QED) is 0.417. The van der Waals surface area contributed by atoms with E-state index in [1.807, 2.05) is 13.0 Å². The van der Waals surface area contributed by atoms with Gasteiger partial charge in [0, 0.05) is 18.6 Å². The van der Waals surface area contributed by atoms with E-state index in [-0.39, 0.29) is 17.3 Å². The smallest absolute Gasteiger partial charge is 0.264 e. The molecule has 8 nitrogen and oxygen atoms in total. The highest BCUT2D eigenvalue weighted by atomic mass is 35.5. The van der Waals surface area contributed by atoms with E-state index in [1.165, 1.54) is 43.3 Å². The zero-order valence-electron chi connectivity index (χ0n) is 21.1. The Bertz CT molecular complexity index is 1350. The fourth-order valence-corrected chi connectivity index (χ4v) is 5.27. The van der Waals surface area contributed by atoms with E-state index in [2.05, 4.69) is 5.32 Å². The van der Waals surface area contributed by atoms with Gasteiger partial charge in [-0.3, -0.25) is 13.9 Å². The molecule has 3 aromatic rings. The summed E-state index contributed by atoms with van der Waals surface area (Å²) in [4.78, 5) is 27.6. The minimum atomic E-state index is -4.14. The third-order valence-corrected chi connectivity index (χ3v) is 7.94. The molecule has 3 aromatic carbocycles. The molecule has 10 heteroatoms. The number of anilines is 1. The molecule has 0 spiro atoms. The lowest BCUT2D eigenvalue weighted by Gasteiger charge is -2.31. The van der Waals surface area contributed by atoms with E-state index in [0.29, 0.717) is 16.5 Å². The van der Waals surface area contributed by atoms with Gasteiger partial charge in [0.15, 0.2) is 0 Å². The first kappa shape index (κ1) is 28.0. The van der Waals surface area contributed by atoms with Gasteiger partial charge in [0.25, 0.3) is 10.0 Å². The third-order valence-electron chi connectivity index (χ3n) is 5.90. The third kappa shape index (κ3) is 6.81. The van der Waals surface area contributed by atoms with Crippen LogP contribution in [0.15, 0.2) is 77.7 Å². The Kier molecular flexibility index (Phi) is 9.18. The van der Waals surface area contributed by atoms with Gasteiger partial charge in [0.2, 0.25) is 11.8 Å². The van der Waals surface area contributed by atoms with Crippen molar-refractivity contribution in [3.05, 3.63) is 88.9 Å². The molecule has 0 aliphatic carbocycles. The molecule has 0 unspecified atom stereocenters. The minimum Gasteiger partial charge on any atom is -0.497 e. The number of halogens is 1. The zero-order valence-corrected chi connectivity index (χ0v) is 22.7. The van der Waals surface area contributed by atoms with Crippen molar-refractivity contribution in [2.45, 2.75) is 31.3 Å². The summed E-state index contributed by atoms with van der Waals surface area (Å²) in [7, 11) is -1.12. The molecule has 0 bridgehead atoms. The summed E-state index contributed by atoms with van der Waals surface area (Å²) in [5.74, 6) is -0.320. The van der Waals surface area contributed by atoms with Crippen LogP contribution in [0.4, 0.5) is 5.69 Å². The summed E-state index contributed by atoms with van der Waals surface area (Å²) in [5.41, 5.74) is 1.99. The van der Waals surface area contributed by atoms with Crippen molar-refractivity contribution in [1.29, 1.82) is 0 Å². The van der Waals surface area contributed by atoms with Crippen LogP contribution in [-0.4, -0.2) is 51.9 Å². The zero-order chi connectivity index (χ0) is 27.2. The lowest BCUT2D eigenvalue weighted by molar-refractivity contribution is -0.139. The molecule has 3 rings (SSSR count). The van der Waals surface area contributed by atoms with Crippen molar-refractivity contribution in [3.8, 4) is 5.75 Å². The Labute approximate surface area is 222 Å². The Morgan fingerprint density at radius 2 is 1.68 bits per heavy atom. The number of methoxy groups -OCH3 is 1. The molecular weight excluding hydrogens is 514 g/mol. The maximum atomic E-state index is 13.7. The number of hydrogen-bond acceptors (Lipinski definition) is 5. The van der Waals surface area contributed by atoms with Crippen molar-refractivity contribution in [2.24, 2.45) is 0 Å². The van der Waals surface area contributed by atoms with Crippen LogP contribution in [0.5, 0.6) is 5.75 Å². The van der Waals surface area contributed by atoms with Crippen molar-refractivity contribution in [2.75, 3.05) is 25.0 Å². The summed E-state index contributed by atoms with van der Waals surface area (Å²) >= 11 is 5.96. The molecule has 2 amide bonds. The van der Waals surface area contributed by atoms with E-state index in [4.69, 9.17) is 16.3 Å². The molecule has 37 heavy (non-hydrogen) atoms. The molecule has 0 radical (unpaired) electrons. The van der Waals surface area contributed by atoms with Gasteiger partial charge >= 0.3 is 0 Å². The van der Waals surface area contributed by atoms with Crippen molar-refractivity contribution >= 4 is 39.1 Å². The molecule has 1 atom stereocenters. The van der Waals surface area contributed by atoms with Crippen LogP contribution in [0, 0.1) is 6.92 Å². The second kappa shape index (κ2) is 12.1. The highest BCUT2D eigenvalue weighted by Gasteiger charge is 2.32. The van der Waals surface area contributed by atoms with Gasteiger partial charge in [-0.15, -0.1) is 0 Å². The fraction of sp³-hybridized carbons (Fsp3) is 0.259. The summed E-state index contributed by atoms with van der Waals surface area (Å²) in [6.45, 7) is 3.04. The van der Waals surface area contributed by atoms with Crippen LogP contribution in [0.1, 0.15) is 18.1 Å². The SMILES string of the molecule is CNC(=O)[C@H](C)N(Cc1cccc(OC)c1)C(=O)CN(c1ccc(C)cc1)S(=O)(=O)c1ccc(Cl)cc1. The summed E-state index contributed by atoms with van der Waals surface area (Å²) in [5, 5.41) is 2.95. The highest BCUT2D eigenvalue weighted by Crippen LogP contribution is 2.26. The largest absolute Gasteiger partial charge is 0.497 e. The van der Waals surface area contributed by atoms with E-state index < -0.39 is 28.5 Å². The van der Waals surface area contributed by atoms with Gasteiger partial charge in [0.1, 0.15) is 18.3 Å². The van der Waals surface area contributed by atoms with Crippen molar-refractivity contribution in [1.82, 2.24) is 10.2 Å². The fourth-order valence-electron chi connectivity index (χ4n) is 3.73. The Balaban J connectivity index is 2.02. The number of sulfonamides is 1. The van der Waals surface area contributed by atoms with Crippen LogP contribution < -0.4 is 14.4 Å². The van der Waals surface area contributed by atoms with Gasteiger partial charge in [-0.1, -0.05) is 41.4 Å². The molecule has 0 aliphatic heterocycles. The van der Waals surface area contributed by atoms with Gasteiger partial charge in [-0.25, -0.2) is 8.42 Å². The number of carbonyl (C=O) groups is 2. The van der Waals surface area contributed by atoms with Crippen LogP contribution >= 0.6 is 11.6 Å². The molecule has 0 saturated heterocycles. The molecule has 196 valence electrons. The van der Waals surface area contributed by atoms with Crippen LogP contribution in [0.3, 0.4) is 0 Å². The first-order valence-corrected chi connectivity index (χ1v) is 13.4. The first-order valence-electron chi connectivity index (χ1n) is 11.6. The Hall–Kier alpha value is -3.56. The van der Waals surface area contributed by atoms with Crippen LogP contribution in [-0.2, 0) is 26.2 Å². The van der Waals surface area contributed by atoms with Gasteiger partial charge in [-0.2, -0.15) is 0 Å². The topological polar surface area (TPSA) is 96.0 Å². The summed E-state index contributed by atoms with van der Waals surface area (Å²) < 4.78 is 33.7. The Morgan fingerprint density at radius 1 is 1.03 bits per heavy atom. The van der Waals surface area contributed by atoms with Crippen LogP contribution in [0.25, 0.3) is 0 Å². The molecule has 0 heterocycles. The minimum absolute atomic E-state index is 0.0102. The van der Waals surface area contributed by atoms with Crippen LogP contribution in [0.2, 0.25) is 5.02 Å². The van der Waals surface area contributed by atoms with Crippen molar-refractivity contribution in [3.63, 3.8) is 0 Å². The number of amides is 2. The number of nitrogens with one attached hydrogen (secondary N) is 1. The van der Waals surface area contributed by atoms with Crippen molar-refractivity contribution < 1.29 is 22.7 Å².